The Hall–Kier alpha value is -0.210. The first kappa shape index (κ1) is 17.8. The monoisotopic (exact) mass is 307 g/mol. The summed E-state index contributed by atoms with van der Waals surface area (Å²) in [5.74, 6) is 0.565. The molecule has 0 radical (unpaired) electrons. The molecule has 1 saturated heterocycles. The van der Waals surface area contributed by atoms with Gasteiger partial charge in [0.2, 0.25) is 0 Å². The molecular weight excluding hydrogens is 278 g/mol. The van der Waals surface area contributed by atoms with E-state index >= 15 is 0 Å². The van der Waals surface area contributed by atoms with Crippen molar-refractivity contribution in [1.29, 1.82) is 0 Å². The Morgan fingerprint density at radius 3 is 2.35 bits per heavy atom. The lowest BCUT2D eigenvalue weighted by molar-refractivity contribution is 0.193. The van der Waals surface area contributed by atoms with Crippen LogP contribution in [0.4, 0.5) is 0 Å². The molecule has 0 amide bonds. The van der Waals surface area contributed by atoms with Crippen LogP contribution in [0.2, 0.25) is 0 Å². The second kappa shape index (κ2) is 8.94. The van der Waals surface area contributed by atoms with Gasteiger partial charge in [-0.15, -0.1) is 0 Å². The van der Waals surface area contributed by atoms with Gasteiger partial charge in [-0.05, 0) is 25.3 Å². The Labute approximate surface area is 123 Å². The average Bonchev–Trinajstić information content (AvgIpc) is 2.45. The van der Waals surface area contributed by atoms with Gasteiger partial charge in [0.05, 0.1) is 6.61 Å². The minimum Gasteiger partial charge on any atom is -0.383 e. The maximum atomic E-state index is 12.4. The van der Waals surface area contributed by atoms with Crippen LogP contribution in [0.3, 0.4) is 0 Å². The van der Waals surface area contributed by atoms with E-state index in [1.807, 2.05) is 13.8 Å². The van der Waals surface area contributed by atoms with Crippen molar-refractivity contribution in [1.82, 2.24) is 13.9 Å². The molecule has 0 aromatic heterocycles. The van der Waals surface area contributed by atoms with E-state index in [2.05, 4.69) is 5.32 Å². The highest BCUT2D eigenvalue weighted by molar-refractivity contribution is 7.86. The van der Waals surface area contributed by atoms with Gasteiger partial charge in [0.1, 0.15) is 0 Å². The van der Waals surface area contributed by atoms with E-state index in [4.69, 9.17) is 4.74 Å². The molecule has 1 N–H and O–H groups in total. The van der Waals surface area contributed by atoms with Crippen LogP contribution in [-0.4, -0.2) is 70.0 Å². The van der Waals surface area contributed by atoms with E-state index in [0.29, 0.717) is 32.1 Å². The summed E-state index contributed by atoms with van der Waals surface area (Å²) in [6, 6.07) is 0. The summed E-state index contributed by atoms with van der Waals surface area (Å²) in [5.41, 5.74) is 0. The minimum absolute atomic E-state index is 0.539. The van der Waals surface area contributed by atoms with Gasteiger partial charge in [-0.3, -0.25) is 0 Å². The Balaban J connectivity index is 2.38. The van der Waals surface area contributed by atoms with Crippen LogP contribution in [0.25, 0.3) is 0 Å². The van der Waals surface area contributed by atoms with Gasteiger partial charge in [-0.25, -0.2) is 0 Å². The number of rotatable bonds is 9. The number of hydrogen-bond donors (Lipinski definition) is 1. The topological polar surface area (TPSA) is 61.9 Å². The van der Waals surface area contributed by atoms with E-state index < -0.39 is 10.2 Å². The lowest BCUT2D eigenvalue weighted by Crippen LogP contribution is -2.48. The minimum atomic E-state index is -3.25. The van der Waals surface area contributed by atoms with Crippen LogP contribution in [0.15, 0.2) is 0 Å². The van der Waals surface area contributed by atoms with Crippen molar-refractivity contribution >= 4 is 10.2 Å². The second-order valence-corrected chi connectivity index (χ2v) is 7.06. The van der Waals surface area contributed by atoms with Gasteiger partial charge in [-0.1, -0.05) is 13.8 Å². The second-order valence-electron chi connectivity index (χ2n) is 5.13. The molecule has 0 saturated carbocycles. The number of nitrogens with zero attached hydrogens (tertiary/aromatic N) is 2. The number of methoxy groups -OCH3 is 1. The molecule has 120 valence electrons. The summed E-state index contributed by atoms with van der Waals surface area (Å²) >= 11 is 0. The summed E-state index contributed by atoms with van der Waals surface area (Å²) in [5, 5.41) is 3.35. The highest BCUT2D eigenvalue weighted by Gasteiger charge is 2.31. The van der Waals surface area contributed by atoms with Crippen molar-refractivity contribution in [3.05, 3.63) is 0 Å². The van der Waals surface area contributed by atoms with Gasteiger partial charge in [0, 0.05) is 39.8 Å². The van der Waals surface area contributed by atoms with E-state index in [1.54, 1.807) is 11.4 Å². The van der Waals surface area contributed by atoms with Crippen LogP contribution < -0.4 is 5.32 Å². The number of nitrogens with one attached hydrogen (secondary N) is 1. The van der Waals surface area contributed by atoms with Crippen molar-refractivity contribution in [2.24, 2.45) is 5.92 Å². The van der Waals surface area contributed by atoms with E-state index in [1.165, 1.54) is 4.31 Å². The smallest absolute Gasteiger partial charge is 0.281 e. The molecule has 0 spiro atoms. The van der Waals surface area contributed by atoms with Gasteiger partial charge in [0.25, 0.3) is 10.2 Å². The third kappa shape index (κ3) is 4.96. The van der Waals surface area contributed by atoms with E-state index in [9.17, 15) is 8.42 Å². The normalized spacial score (nSPS) is 18.8. The Kier molecular flexibility index (Phi) is 7.98. The summed E-state index contributed by atoms with van der Waals surface area (Å²) in [4.78, 5) is 0. The molecule has 1 heterocycles. The van der Waals surface area contributed by atoms with Gasteiger partial charge in [-0.2, -0.15) is 17.0 Å². The molecule has 0 unspecified atom stereocenters. The molecular formula is C13H29N3O3S. The van der Waals surface area contributed by atoms with Crippen molar-refractivity contribution < 1.29 is 13.2 Å². The van der Waals surface area contributed by atoms with Crippen molar-refractivity contribution in [3.8, 4) is 0 Å². The third-order valence-corrected chi connectivity index (χ3v) is 6.03. The first-order chi connectivity index (χ1) is 9.56. The summed E-state index contributed by atoms with van der Waals surface area (Å²) in [6.45, 7) is 8.63. The lowest BCUT2D eigenvalue weighted by Gasteiger charge is -2.34. The van der Waals surface area contributed by atoms with E-state index in [-0.39, 0.29) is 0 Å². The van der Waals surface area contributed by atoms with Crippen LogP contribution >= 0.6 is 0 Å². The van der Waals surface area contributed by atoms with Crippen LogP contribution in [0.1, 0.15) is 26.7 Å². The number of hydrogen-bond acceptors (Lipinski definition) is 4. The van der Waals surface area contributed by atoms with E-state index in [0.717, 1.165) is 32.5 Å². The standard InChI is InChI=1S/C13H29N3O3S/c1-4-15(5-2)20(17,18)16-9-6-13(7-10-16)12-14-8-11-19-3/h13-14H,4-12H2,1-3H3. The fourth-order valence-electron chi connectivity index (χ4n) is 2.54. The first-order valence-electron chi connectivity index (χ1n) is 7.51. The fraction of sp³-hybridized carbons (Fsp3) is 1.00. The van der Waals surface area contributed by atoms with Gasteiger partial charge in [0.15, 0.2) is 0 Å². The largest absolute Gasteiger partial charge is 0.383 e. The van der Waals surface area contributed by atoms with Crippen LogP contribution in [0.5, 0.6) is 0 Å². The predicted molar refractivity (Wildman–Crippen MR) is 80.9 cm³/mol. The Morgan fingerprint density at radius 1 is 1.25 bits per heavy atom. The molecule has 1 rings (SSSR count). The maximum absolute atomic E-state index is 12.4. The molecule has 0 aromatic carbocycles. The summed E-state index contributed by atoms with van der Waals surface area (Å²) in [7, 11) is -1.56. The van der Waals surface area contributed by atoms with Crippen molar-refractivity contribution in [3.63, 3.8) is 0 Å². The zero-order chi connectivity index (χ0) is 15.0. The van der Waals surface area contributed by atoms with Crippen LogP contribution in [-0.2, 0) is 14.9 Å². The lowest BCUT2D eigenvalue weighted by atomic mass is 9.98. The first-order valence-corrected chi connectivity index (χ1v) is 8.90. The van der Waals surface area contributed by atoms with Gasteiger partial charge >= 0.3 is 0 Å². The average molecular weight is 307 g/mol. The molecule has 0 atom stereocenters. The highest BCUT2D eigenvalue weighted by atomic mass is 32.2. The Morgan fingerprint density at radius 2 is 1.85 bits per heavy atom. The van der Waals surface area contributed by atoms with Crippen LogP contribution in [0, 0.1) is 5.92 Å². The molecule has 6 nitrogen and oxygen atoms in total. The van der Waals surface area contributed by atoms with Crippen molar-refractivity contribution in [2.45, 2.75) is 26.7 Å². The number of piperidine rings is 1. The summed E-state index contributed by atoms with van der Waals surface area (Å²) < 4.78 is 32.9. The van der Waals surface area contributed by atoms with Crippen molar-refractivity contribution in [2.75, 3.05) is 53.0 Å². The highest BCUT2D eigenvalue weighted by Crippen LogP contribution is 2.20. The zero-order valence-corrected chi connectivity index (χ0v) is 13.8. The molecule has 0 bridgehead atoms. The molecule has 0 aromatic rings. The predicted octanol–water partition coefficient (Wildman–Crippen LogP) is 0.521. The SMILES string of the molecule is CCN(CC)S(=O)(=O)N1CCC(CNCCOC)CC1. The Bertz CT molecular complexity index is 350. The molecule has 7 heteroatoms. The zero-order valence-electron chi connectivity index (χ0n) is 13.0. The fourth-order valence-corrected chi connectivity index (χ4v) is 4.19. The molecule has 1 aliphatic rings. The maximum Gasteiger partial charge on any atom is 0.281 e. The molecule has 20 heavy (non-hydrogen) atoms. The molecule has 1 fully saturated rings. The molecule has 0 aliphatic carbocycles. The number of ether oxygens (including phenoxy) is 1. The molecule has 1 aliphatic heterocycles. The third-order valence-electron chi connectivity index (χ3n) is 3.85. The quantitative estimate of drug-likeness (QED) is 0.631. The van der Waals surface area contributed by atoms with Gasteiger partial charge < -0.3 is 10.1 Å². The summed E-state index contributed by atoms with van der Waals surface area (Å²) in [6.07, 6.45) is 1.86.